The predicted molar refractivity (Wildman–Crippen MR) is 96.2 cm³/mol. The van der Waals surface area contributed by atoms with E-state index in [9.17, 15) is 4.79 Å². The summed E-state index contributed by atoms with van der Waals surface area (Å²) >= 11 is 4.96. The number of halogens is 1. The third kappa shape index (κ3) is 3.60. The van der Waals surface area contributed by atoms with Gasteiger partial charge < -0.3 is 10.1 Å². The van der Waals surface area contributed by atoms with Crippen LogP contribution in [-0.2, 0) is 0 Å². The van der Waals surface area contributed by atoms with E-state index in [1.54, 1.807) is 42.8 Å². The molecule has 116 valence electrons. The number of benzene rings is 2. The molecule has 0 unspecified atom stereocenters. The summed E-state index contributed by atoms with van der Waals surface area (Å²) < 4.78 is 5.91. The zero-order valence-corrected chi connectivity index (χ0v) is 14.6. The van der Waals surface area contributed by atoms with Gasteiger partial charge in [0.2, 0.25) is 0 Å². The first kappa shape index (κ1) is 15.7. The van der Waals surface area contributed by atoms with E-state index in [2.05, 4.69) is 26.2 Å². The van der Waals surface area contributed by atoms with Crippen molar-refractivity contribution in [2.45, 2.75) is 0 Å². The van der Waals surface area contributed by atoms with Crippen LogP contribution in [0.3, 0.4) is 0 Å². The van der Waals surface area contributed by atoms with Crippen LogP contribution < -0.4 is 10.1 Å². The maximum Gasteiger partial charge on any atom is 0.255 e. The highest BCUT2D eigenvalue weighted by molar-refractivity contribution is 9.10. The van der Waals surface area contributed by atoms with Crippen molar-refractivity contribution in [3.63, 3.8) is 0 Å². The molecule has 0 bridgehead atoms. The van der Waals surface area contributed by atoms with E-state index in [1.165, 1.54) is 0 Å². The molecular weight excluding hydrogens is 376 g/mol. The average Bonchev–Trinajstić information content (AvgIpc) is 3.10. The minimum Gasteiger partial charge on any atom is -0.496 e. The van der Waals surface area contributed by atoms with Crippen molar-refractivity contribution in [1.82, 2.24) is 4.98 Å². The molecule has 3 aromatic rings. The Kier molecular flexibility index (Phi) is 4.73. The Balaban J connectivity index is 1.74. The summed E-state index contributed by atoms with van der Waals surface area (Å²) in [4.78, 5) is 16.6. The molecule has 1 N–H and O–H groups in total. The number of carbonyl (C=O) groups excluding carboxylic acids is 1. The second kappa shape index (κ2) is 6.93. The Morgan fingerprint density at radius 3 is 2.61 bits per heavy atom. The third-order valence-corrected chi connectivity index (χ3v) is 4.68. The standard InChI is InChI=1S/C17H13BrN2O2S/c1-22-15-7-4-12(10-14(15)18)16(21)20-13-5-2-11(3-6-13)17-19-8-9-23-17/h2-10H,1H3,(H,20,21). The molecule has 2 aromatic carbocycles. The average molecular weight is 389 g/mol. The summed E-state index contributed by atoms with van der Waals surface area (Å²) in [7, 11) is 1.59. The van der Waals surface area contributed by atoms with E-state index in [-0.39, 0.29) is 5.91 Å². The van der Waals surface area contributed by atoms with Gasteiger partial charge in [-0.1, -0.05) is 0 Å². The van der Waals surface area contributed by atoms with Crippen LogP contribution in [0.25, 0.3) is 10.6 Å². The molecule has 0 spiro atoms. The van der Waals surface area contributed by atoms with Gasteiger partial charge in [0, 0.05) is 28.4 Å². The van der Waals surface area contributed by atoms with Crippen LogP contribution in [0.5, 0.6) is 5.75 Å². The molecule has 0 fully saturated rings. The highest BCUT2D eigenvalue weighted by Crippen LogP contribution is 2.26. The fourth-order valence-electron chi connectivity index (χ4n) is 2.07. The molecule has 0 aliphatic carbocycles. The van der Waals surface area contributed by atoms with Crippen molar-refractivity contribution < 1.29 is 9.53 Å². The number of thiazole rings is 1. The zero-order valence-electron chi connectivity index (χ0n) is 12.2. The van der Waals surface area contributed by atoms with Crippen LogP contribution in [-0.4, -0.2) is 18.0 Å². The predicted octanol–water partition coefficient (Wildman–Crippen LogP) is 4.83. The summed E-state index contributed by atoms with van der Waals surface area (Å²) in [5, 5.41) is 5.78. The number of carbonyl (C=O) groups is 1. The summed E-state index contributed by atoms with van der Waals surface area (Å²) in [5.41, 5.74) is 2.33. The highest BCUT2D eigenvalue weighted by atomic mass is 79.9. The second-order valence-electron chi connectivity index (χ2n) is 4.72. The number of hydrogen-bond acceptors (Lipinski definition) is 4. The van der Waals surface area contributed by atoms with E-state index in [0.29, 0.717) is 11.3 Å². The van der Waals surface area contributed by atoms with E-state index in [4.69, 9.17) is 4.74 Å². The van der Waals surface area contributed by atoms with Gasteiger partial charge in [0.15, 0.2) is 0 Å². The van der Waals surface area contributed by atoms with Gasteiger partial charge in [0.1, 0.15) is 10.8 Å². The Morgan fingerprint density at radius 1 is 1.22 bits per heavy atom. The number of ether oxygens (including phenoxy) is 1. The molecule has 0 radical (unpaired) electrons. The molecule has 23 heavy (non-hydrogen) atoms. The van der Waals surface area contributed by atoms with Gasteiger partial charge in [-0.3, -0.25) is 4.79 Å². The molecule has 0 saturated carbocycles. The van der Waals surface area contributed by atoms with Crippen LogP contribution in [0, 0.1) is 0 Å². The summed E-state index contributed by atoms with van der Waals surface area (Å²) in [6.45, 7) is 0. The van der Waals surface area contributed by atoms with Gasteiger partial charge in [-0.15, -0.1) is 11.3 Å². The largest absolute Gasteiger partial charge is 0.496 e. The van der Waals surface area contributed by atoms with Crippen molar-refractivity contribution >= 4 is 38.9 Å². The lowest BCUT2D eigenvalue weighted by Gasteiger charge is -2.08. The van der Waals surface area contributed by atoms with E-state index >= 15 is 0 Å². The molecule has 6 heteroatoms. The normalized spacial score (nSPS) is 10.3. The summed E-state index contributed by atoms with van der Waals surface area (Å²) in [6.07, 6.45) is 1.78. The van der Waals surface area contributed by atoms with Gasteiger partial charge in [-0.2, -0.15) is 0 Å². The molecule has 4 nitrogen and oxygen atoms in total. The SMILES string of the molecule is COc1ccc(C(=O)Nc2ccc(-c3nccs3)cc2)cc1Br. The minimum absolute atomic E-state index is 0.171. The Morgan fingerprint density at radius 2 is 2.00 bits per heavy atom. The first-order chi connectivity index (χ1) is 11.2. The van der Waals surface area contributed by atoms with Crippen molar-refractivity contribution in [2.24, 2.45) is 0 Å². The first-order valence-corrected chi connectivity index (χ1v) is 8.49. The highest BCUT2D eigenvalue weighted by Gasteiger charge is 2.09. The molecule has 1 amide bonds. The quantitative estimate of drug-likeness (QED) is 0.695. The number of rotatable bonds is 4. The molecule has 0 aliphatic rings. The van der Waals surface area contributed by atoms with E-state index in [1.807, 2.05) is 29.6 Å². The Bertz CT molecular complexity index is 817. The minimum atomic E-state index is -0.171. The summed E-state index contributed by atoms with van der Waals surface area (Å²) in [6, 6.07) is 12.8. The molecule has 1 heterocycles. The molecule has 1 aromatic heterocycles. The lowest BCUT2D eigenvalue weighted by molar-refractivity contribution is 0.102. The monoisotopic (exact) mass is 388 g/mol. The lowest BCUT2D eigenvalue weighted by atomic mass is 10.2. The number of methoxy groups -OCH3 is 1. The Hall–Kier alpha value is -2.18. The number of anilines is 1. The van der Waals surface area contributed by atoms with Crippen molar-refractivity contribution in [3.8, 4) is 16.3 Å². The third-order valence-electron chi connectivity index (χ3n) is 3.24. The fourth-order valence-corrected chi connectivity index (χ4v) is 3.26. The maximum absolute atomic E-state index is 12.3. The fraction of sp³-hybridized carbons (Fsp3) is 0.0588. The smallest absolute Gasteiger partial charge is 0.255 e. The van der Waals surface area contributed by atoms with E-state index in [0.717, 1.165) is 20.7 Å². The van der Waals surface area contributed by atoms with Crippen LogP contribution in [0.4, 0.5) is 5.69 Å². The van der Waals surface area contributed by atoms with Crippen LogP contribution >= 0.6 is 27.3 Å². The summed E-state index contributed by atoms with van der Waals surface area (Å²) in [5.74, 6) is 0.518. The second-order valence-corrected chi connectivity index (χ2v) is 6.47. The zero-order chi connectivity index (χ0) is 16.2. The number of amides is 1. The number of nitrogens with one attached hydrogen (secondary N) is 1. The van der Waals surface area contributed by atoms with Gasteiger partial charge in [0.05, 0.1) is 11.6 Å². The molecule has 0 saturated heterocycles. The first-order valence-electron chi connectivity index (χ1n) is 6.82. The van der Waals surface area contributed by atoms with Crippen LogP contribution in [0.2, 0.25) is 0 Å². The molecule has 0 atom stereocenters. The topological polar surface area (TPSA) is 51.2 Å². The van der Waals surface area contributed by atoms with Crippen LogP contribution in [0.15, 0.2) is 58.5 Å². The van der Waals surface area contributed by atoms with Crippen molar-refractivity contribution in [3.05, 3.63) is 64.1 Å². The maximum atomic E-state index is 12.3. The van der Waals surface area contributed by atoms with Gasteiger partial charge in [0.25, 0.3) is 5.91 Å². The molecule has 3 rings (SSSR count). The molecular formula is C17H13BrN2O2S. The lowest BCUT2D eigenvalue weighted by Crippen LogP contribution is -2.11. The number of nitrogens with zero attached hydrogens (tertiary/aromatic N) is 1. The Labute approximate surface area is 146 Å². The van der Waals surface area contributed by atoms with Crippen molar-refractivity contribution in [2.75, 3.05) is 12.4 Å². The van der Waals surface area contributed by atoms with Gasteiger partial charge in [-0.25, -0.2) is 4.98 Å². The molecule has 0 aliphatic heterocycles. The number of hydrogen-bond donors (Lipinski definition) is 1. The number of aromatic nitrogens is 1. The van der Waals surface area contributed by atoms with Gasteiger partial charge >= 0.3 is 0 Å². The van der Waals surface area contributed by atoms with Gasteiger partial charge in [-0.05, 0) is 58.4 Å². The van der Waals surface area contributed by atoms with Crippen molar-refractivity contribution in [1.29, 1.82) is 0 Å². The van der Waals surface area contributed by atoms with E-state index < -0.39 is 0 Å². The van der Waals surface area contributed by atoms with Crippen LogP contribution in [0.1, 0.15) is 10.4 Å².